The Morgan fingerprint density at radius 1 is 1.00 bits per heavy atom. The highest BCUT2D eigenvalue weighted by atomic mass is 32.1. The number of hydrogen-bond acceptors (Lipinski definition) is 7. The summed E-state index contributed by atoms with van der Waals surface area (Å²) < 4.78 is 0. The number of hydrogen-bond donors (Lipinski definition) is 1. The Morgan fingerprint density at radius 3 is 2.38 bits per heavy atom. The fraction of sp³-hybridized carbons (Fsp3) is 0. The van der Waals surface area contributed by atoms with Gasteiger partial charge in [0, 0.05) is 39.7 Å². The van der Waals surface area contributed by atoms with E-state index in [9.17, 15) is 24.5 Å². The van der Waals surface area contributed by atoms with Crippen LogP contribution in [0.5, 0.6) is 0 Å². The molecule has 3 amide bonds. The van der Waals surface area contributed by atoms with E-state index in [2.05, 4.69) is 10.3 Å². The Kier molecular flexibility index (Phi) is 4.49. The first-order valence-corrected chi connectivity index (χ1v) is 10.2. The molecule has 1 aliphatic heterocycles. The van der Waals surface area contributed by atoms with Crippen molar-refractivity contribution < 1.29 is 19.3 Å². The van der Waals surface area contributed by atoms with Gasteiger partial charge in [-0.1, -0.05) is 6.07 Å². The Morgan fingerprint density at radius 2 is 1.72 bits per heavy atom. The molecule has 32 heavy (non-hydrogen) atoms. The van der Waals surface area contributed by atoms with Crippen molar-refractivity contribution in [2.24, 2.45) is 0 Å². The third kappa shape index (κ3) is 3.01. The average Bonchev–Trinajstić information content (AvgIpc) is 3.30. The third-order valence-electron chi connectivity index (χ3n) is 5.12. The van der Waals surface area contributed by atoms with Crippen LogP contribution in [-0.2, 0) is 0 Å². The Labute approximate surface area is 184 Å². The van der Waals surface area contributed by atoms with E-state index in [1.165, 1.54) is 59.9 Å². The molecule has 1 aliphatic rings. The number of nitrogens with one attached hydrogen (secondary N) is 1. The zero-order valence-electron chi connectivity index (χ0n) is 16.1. The molecule has 0 atom stereocenters. The van der Waals surface area contributed by atoms with Crippen LogP contribution >= 0.6 is 11.3 Å². The minimum absolute atomic E-state index is 0.171. The van der Waals surface area contributed by atoms with E-state index in [1.807, 2.05) is 0 Å². The summed E-state index contributed by atoms with van der Waals surface area (Å²) in [7, 11) is 0. The second-order valence-electron chi connectivity index (χ2n) is 6.90. The monoisotopic (exact) mass is 444 g/mol. The highest BCUT2D eigenvalue weighted by Crippen LogP contribution is 2.36. The molecule has 3 aromatic carbocycles. The molecule has 0 saturated carbocycles. The van der Waals surface area contributed by atoms with Gasteiger partial charge in [0.15, 0.2) is 5.13 Å². The van der Waals surface area contributed by atoms with E-state index >= 15 is 0 Å². The van der Waals surface area contributed by atoms with Gasteiger partial charge in [-0.3, -0.25) is 29.8 Å². The normalized spacial score (nSPS) is 12.8. The molecule has 1 N–H and O–H groups in total. The summed E-state index contributed by atoms with van der Waals surface area (Å²) in [6, 6.07) is 13.2. The lowest BCUT2D eigenvalue weighted by Gasteiger charge is -2.27. The van der Waals surface area contributed by atoms with Gasteiger partial charge in [-0.15, -0.1) is 11.3 Å². The van der Waals surface area contributed by atoms with Gasteiger partial charge in [-0.25, -0.2) is 9.88 Å². The number of non-ortho nitro benzene ring substituents is 1. The molecule has 0 saturated heterocycles. The van der Waals surface area contributed by atoms with E-state index in [4.69, 9.17) is 0 Å². The highest BCUT2D eigenvalue weighted by molar-refractivity contribution is 7.13. The highest BCUT2D eigenvalue weighted by Gasteiger charge is 2.35. The van der Waals surface area contributed by atoms with Crippen LogP contribution in [0.25, 0.3) is 10.8 Å². The number of imide groups is 1. The largest absolute Gasteiger partial charge is 0.298 e. The van der Waals surface area contributed by atoms with Crippen molar-refractivity contribution in [3.05, 3.63) is 93.0 Å². The molecule has 5 rings (SSSR count). The number of aromatic nitrogens is 1. The summed E-state index contributed by atoms with van der Waals surface area (Å²) in [5.74, 6) is -1.55. The lowest BCUT2D eigenvalue weighted by Crippen LogP contribution is -2.40. The number of nitro benzene ring substituents is 1. The van der Waals surface area contributed by atoms with Gasteiger partial charge in [0.25, 0.3) is 23.4 Å². The Balaban J connectivity index is 1.52. The fourth-order valence-electron chi connectivity index (χ4n) is 3.69. The first kappa shape index (κ1) is 19.5. The molecule has 2 heterocycles. The lowest BCUT2D eigenvalue weighted by atomic mass is 9.92. The van der Waals surface area contributed by atoms with Crippen LogP contribution in [0.4, 0.5) is 16.5 Å². The summed E-state index contributed by atoms with van der Waals surface area (Å²) in [6.07, 6.45) is 1.57. The number of benzene rings is 3. The zero-order chi connectivity index (χ0) is 22.4. The molecule has 4 aromatic rings. The van der Waals surface area contributed by atoms with E-state index in [0.717, 1.165) is 4.90 Å². The van der Waals surface area contributed by atoms with Crippen LogP contribution in [0.3, 0.4) is 0 Å². The minimum Gasteiger partial charge on any atom is -0.298 e. The number of carbonyl (C=O) groups excluding carboxylic acids is 3. The summed E-state index contributed by atoms with van der Waals surface area (Å²) >= 11 is 1.28. The summed E-state index contributed by atoms with van der Waals surface area (Å²) in [6.45, 7) is 0. The van der Waals surface area contributed by atoms with Gasteiger partial charge in [0.05, 0.1) is 16.0 Å². The third-order valence-corrected chi connectivity index (χ3v) is 5.81. The molecule has 0 bridgehead atoms. The second-order valence-corrected chi connectivity index (χ2v) is 7.80. The molecular formula is C22H12N4O5S. The van der Waals surface area contributed by atoms with Crippen molar-refractivity contribution in [3.63, 3.8) is 0 Å². The van der Waals surface area contributed by atoms with Gasteiger partial charge in [0.1, 0.15) is 0 Å². The van der Waals surface area contributed by atoms with E-state index in [1.54, 1.807) is 17.6 Å². The van der Waals surface area contributed by atoms with Gasteiger partial charge in [-0.05, 0) is 42.5 Å². The number of nitro groups is 1. The van der Waals surface area contributed by atoms with E-state index in [0.29, 0.717) is 10.7 Å². The molecule has 156 valence electrons. The minimum atomic E-state index is -0.589. The van der Waals surface area contributed by atoms with Crippen molar-refractivity contribution in [3.8, 4) is 0 Å². The first-order chi connectivity index (χ1) is 15.5. The summed E-state index contributed by atoms with van der Waals surface area (Å²) in [5, 5.41) is 16.7. The van der Waals surface area contributed by atoms with Crippen molar-refractivity contribution in [1.29, 1.82) is 0 Å². The average molecular weight is 444 g/mol. The molecule has 10 heteroatoms. The van der Waals surface area contributed by atoms with Crippen LogP contribution in [0.1, 0.15) is 31.1 Å². The van der Waals surface area contributed by atoms with Crippen LogP contribution in [-0.4, -0.2) is 27.6 Å². The molecule has 0 spiro atoms. The maximum absolute atomic E-state index is 13.2. The fourth-order valence-corrected chi connectivity index (χ4v) is 4.21. The lowest BCUT2D eigenvalue weighted by molar-refractivity contribution is -0.383. The number of nitrogens with zero attached hydrogens (tertiary/aromatic N) is 3. The smallest absolute Gasteiger partial charge is 0.277 e. The predicted octanol–water partition coefficient (Wildman–Crippen LogP) is 4.26. The number of amides is 3. The van der Waals surface area contributed by atoms with Crippen LogP contribution in [0.15, 0.2) is 66.2 Å². The maximum Gasteiger partial charge on any atom is 0.277 e. The molecule has 9 nitrogen and oxygen atoms in total. The van der Waals surface area contributed by atoms with Gasteiger partial charge in [-0.2, -0.15) is 0 Å². The van der Waals surface area contributed by atoms with Gasteiger partial charge in [0.2, 0.25) is 0 Å². The Hall–Kier alpha value is -4.44. The van der Waals surface area contributed by atoms with E-state index < -0.39 is 16.7 Å². The van der Waals surface area contributed by atoms with Gasteiger partial charge >= 0.3 is 0 Å². The van der Waals surface area contributed by atoms with Crippen molar-refractivity contribution >= 4 is 56.3 Å². The molecule has 1 aromatic heterocycles. The quantitative estimate of drug-likeness (QED) is 0.285. The van der Waals surface area contributed by atoms with Crippen LogP contribution in [0, 0.1) is 10.1 Å². The summed E-state index contributed by atoms with van der Waals surface area (Å²) in [4.78, 5) is 54.5. The van der Waals surface area contributed by atoms with Crippen molar-refractivity contribution in [2.75, 3.05) is 10.2 Å². The predicted molar refractivity (Wildman–Crippen MR) is 118 cm³/mol. The van der Waals surface area contributed by atoms with Crippen LogP contribution in [0.2, 0.25) is 0 Å². The molecule has 0 aliphatic carbocycles. The zero-order valence-corrected chi connectivity index (χ0v) is 17.0. The number of carbonyl (C=O) groups is 3. The molecular weight excluding hydrogens is 432 g/mol. The topological polar surface area (TPSA) is 123 Å². The van der Waals surface area contributed by atoms with Gasteiger partial charge < -0.3 is 0 Å². The second kappa shape index (κ2) is 7.36. The van der Waals surface area contributed by atoms with E-state index in [-0.39, 0.29) is 39.2 Å². The number of thiazole rings is 1. The molecule has 0 radical (unpaired) electrons. The maximum atomic E-state index is 13.2. The van der Waals surface area contributed by atoms with Crippen molar-refractivity contribution in [2.45, 2.75) is 0 Å². The number of anilines is 2. The summed E-state index contributed by atoms with van der Waals surface area (Å²) in [5.41, 5.74) is 0.846. The Bertz CT molecular complexity index is 1410. The first-order valence-electron chi connectivity index (χ1n) is 9.35. The molecule has 0 fully saturated rings. The molecule has 0 unspecified atom stereocenters. The standard InChI is InChI=1S/C22H12N4O5S/c27-19(24-22-23-10-11-32-22)12-4-6-13(7-5-12)25-20(28)15-3-1-2-14-17(26(30)31)9-8-16(18(14)15)21(25)29/h1-11H,(H,23,24,27). The van der Waals surface area contributed by atoms with Crippen LogP contribution < -0.4 is 10.2 Å². The van der Waals surface area contributed by atoms with Crippen molar-refractivity contribution in [1.82, 2.24) is 4.98 Å². The number of rotatable bonds is 4. The SMILES string of the molecule is O=C(Nc1nccs1)c1ccc(N2C(=O)c3cccc4c([N+](=O)[O-])ccc(c34)C2=O)cc1.